The van der Waals surface area contributed by atoms with Gasteiger partial charge in [0.05, 0.1) is 0 Å². The monoisotopic (exact) mass is 245 g/mol. The molecule has 1 atom stereocenters. The molecule has 0 aromatic heterocycles. The predicted octanol–water partition coefficient (Wildman–Crippen LogP) is 0.572. The number of carbonyl (C=O) groups excluding carboxylic acids is 1. The van der Waals surface area contributed by atoms with Crippen molar-refractivity contribution in [3.63, 3.8) is 0 Å². The van der Waals surface area contributed by atoms with E-state index in [1.807, 2.05) is 4.90 Å². The Balaban J connectivity index is 0.000000366. The van der Waals surface area contributed by atoms with Crippen LogP contribution in [0.25, 0.3) is 0 Å². The number of carboxylic acids is 1. The van der Waals surface area contributed by atoms with Gasteiger partial charge in [0, 0.05) is 27.2 Å². The molecule has 6 heteroatoms. The molecule has 1 aliphatic rings. The lowest BCUT2D eigenvalue weighted by Crippen LogP contribution is -2.42. The Bertz CT molecular complexity index is 248. The first kappa shape index (κ1) is 15.7. The Morgan fingerprint density at radius 3 is 1.94 bits per heavy atom. The van der Waals surface area contributed by atoms with Crippen molar-refractivity contribution in [1.82, 2.24) is 9.80 Å². The van der Waals surface area contributed by atoms with E-state index in [1.165, 1.54) is 26.2 Å². The second-order valence-electron chi connectivity index (χ2n) is 4.35. The van der Waals surface area contributed by atoms with Gasteiger partial charge in [-0.05, 0) is 26.2 Å². The number of nitrogens with zero attached hydrogens (tertiary/aromatic N) is 2. The van der Waals surface area contributed by atoms with Crippen molar-refractivity contribution in [1.29, 1.82) is 0 Å². The van der Waals surface area contributed by atoms with Crippen LogP contribution in [-0.4, -0.2) is 60.1 Å². The third-order valence-electron chi connectivity index (χ3n) is 2.40. The van der Waals surface area contributed by atoms with Crippen molar-refractivity contribution in [3.05, 3.63) is 0 Å². The van der Waals surface area contributed by atoms with E-state index in [2.05, 4.69) is 0 Å². The van der Waals surface area contributed by atoms with Crippen molar-refractivity contribution in [2.75, 3.05) is 27.2 Å². The molecule has 0 aliphatic carbocycles. The summed E-state index contributed by atoms with van der Waals surface area (Å²) in [5, 5.41) is 7.87. The number of aliphatic carboxylic acids is 1. The van der Waals surface area contributed by atoms with Crippen molar-refractivity contribution in [2.24, 2.45) is 5.73 Å². The van der Waals surface area contributed by atoms with Crippen molar-refractivity contribution in [3.8, 4) is 0 Å². The molecule has 0 spiro atoms. The molecule has 0 aromatic carbocycles. The minimum Gasteiger partial charge on any atom is -0.480 e. The SMILES string of the molecule is CN(C)C(=O)N1CCCCC1.C[C@H](N)C(=O)O. The summed E-state index contributed by atoms with van der Waals surface area (Å²) >= 11 is 0. The molecule has 2 amide bonds. The van der Waals surface area contributed by atoms with Crippen LogP contribution in [-0.2, 0) is 4.79 Å². The zero-order valence-electron chi connectivity index (χ0n) is 10.8. The number of carbonyl (C=O) groups is 2. The van der Waals surface area contributed by atoms with Gasteiger partial charge in [0.15, 0.2) is 0 Å². The average Bonchev–Trinajstić information content (AvgIpc) is 2.29. The third kappa shape index (κ3) is 6.78. The molecule has 1 fully saturated rings. The molecule has 1 rings (SSSR count). The van der Waals surface area contributed by atoms with E-state index in [0.717, 1.165) is 13.1 Å². The maximum Gasteiger partial charge on any atom is 0.320 e. The van der Waals surface area contributed by atoms with Gasteiger partial charge in [0.2, 0.25) is 0 Å². The molecule has 0 unspecified atom stereocenters. The third-order valence-corrected chi connectivity index (χ3v) is 2.40. The normalized spacial score (nSPS) is 16.6. The number of hydrogen-bond acceptors (Lipinski definition) is 3. The summed E-state index contributed by atoms with van der Waals surface area (Å²) in [7, 11) is 3.61. The number of piperidine rings is 1. The maximum absolute atomic E-state index is 11.3. The van der Waals surface area contributed by atoms with E-state index in [0.29, 0.717) is 0 Å². The lowest BCUT2D eigenvalue weighted by atomic mass is 10.1. The summed E-state index contributed by atoms with van der Waals surface area (Å²) in [5.74, 6) is -0.963. The topological polar surface area (TPSA) is 86.9 Å². The molecule has 100 valence electrons. The van der Waals surface area contributed by atoms with Gasteiger partial charge < -0.3 is 20.6 Å². The molecular weight excluding hydrogens is 222 g/mol. The first-order valence-electron chi connectivity index (χ1n) is 5.81. The van der Waals surface area contributed by atoms with Crippen molar-refractivity contribution >= 4 is 12.0 Å². The van der Waals surface area contributed by atoms with Crippen LogP contribution in [0.1, 0.15) is 26.2 Å². The van der Waals surface area contributed by atoms with E-state index in [1.54, 1.807) is 19.0 Å². The number of likely N-dealkylation sites (tertiary alicyclic amines) is 1. The fourth-order valence-electron chi connectivity index (χ4n) is 1.37. The van der Waals surface area contributed by atoms with Gasteiger partial charge in [0.1, 0.15) is 6.04 Å². The largest absolute Gasteiger partial charge is 0.480 e. The van der Waals surface area contributed by atoms with Crippen molar-refractivity contribution in [2.45, 2.75) is 32.2 Å². The fourth-order valence-corrected chi connectivity index (χ4v) is 1.37. The van der Waals surface area contributed by atoms with Crippen LogP contribution < -0.4 is 5.73 Å². The van der Waals surface area contributed by atoms with Gasteiger partial charge >= 0.3 is 12.0 Å². The highest BCUT2D eigenvalue weighted by Gasteiger charge is 2.16. The van der Waals surface area contributed by atoms with Crippen LogP contribution in [0.3, 0.4) is 0 Å². The predicted molar refractivity (Wildman–Crippen MR) is 65.8 cm³/mol. The molecule has 1 heterocycles. The highest BCUT2D eigenvalue weighted by molar-refractivity contribution is 5.73. The van der Waals surface area contributed by atoms with Gasteiger partial charge in [-0.25, -0.2) is 4.79 Å². The molecule has 17 heavy (non-hydrogen) atoms. The van der Waals surface area contributed by atoms with E-state index < -0.39 is 12.0 Å². The van der Waals surface area contributed by atoms with Gasteiger partial charge in [-0.3, -0.25) is 4.79 Å². The highest BCUT2D eigenvalue weighted by atomic mass is 16.4. The summed E-state index contributed by atoms with van der Waals surface area (Å²) in [6.45, 7) is 3.30. The Morgan fingerprint density at radius 2 is 1.65 bits per heavy atom. The van der Waals surface area contributed by atoms with Crippen molar-refractivity contribution < 1.29 is 14.7 Å². The number of urea groups is 1. The lowest BCUT2D eigenvalue weighted by Gasteiger charge is -2.29. The van der Waals surface area contributed by atoms with Gasteiger partial charge in [-0.2, -0.15) is 0 Å². The fraction of sp³-hybridized carbons (Fsp3) is 0.818. The van der Waals surface area contributed by atoms with Crippen LogP contribution in [0, 0.1) is 0 Å². The van der Waals surface area contributed by atoms with Crippen LogP contribution in [0.4, 0.5) is 4.79 Å². The molecule has 1 aliphatic heterocycles. The summed E-state index contributed by atoms with van der Waals surface area (Å²) < 4.78 is 0. The van der Waals surface area contributed by atoms with Crippen LogP contribution in [0.2, 0.25) is 0 Å². The summed E-state index contributed by atoms with van der Waals surface area (Å²) in [6, 6.07) is -0.574. The molecule has 6 nitrogen and oxygen atoms in total. The zero-order chi connectivity index (χ0) is 13.4. The number of amides is 2. The van der Waals surface area contributed by atoms with Crippen LogP contribution >= 0.6 is 0 Å². The standard InChI is InChI=1S/C8H16N2O.C3H7NO2/c1-9(2)8(11)10-6-4-3-5-7-10;1-2(4)3(5)6/h3-7H2,1-2H3;2H,4H2,1H3,(H,5,6)/t;2-/m.0/s1. The first-order chi connectivity index (χ1) is 7.86. The number of carboxylic acid groups (broad SMARTS) is 1. The van der Waals surface area contributed by atoms with E-state index in [-0.39, 0.29) is 6.03 Å². The molecule has 0 bridgehead atoms. The second kappa shape index (κ2) is 7.89. The Kier molecular flexibility index (Phi) is 7.29. The average molecular weight is 245 g/mol. The minimum absolute atomic E-state index is 0.157. The summed E-state index contributed by atoms with van der Waals surface area (Å²) in [4.78, 5) is 24.5. The quantitative estimate of drug-likeness (QED) is 0.707. The smallest absolute Gasteiger partial charge is 0.320 e. The first-order valence-corrected chi connectivity index (χ1v) is 5.81. The Morgan fingerprint density at radius 1 is 1.24 bits per heavy atom. The zero-order valence-corrected chi connectivity index (χ0v) is 10.8. The van der Waals surface area contributed by atoms with E-state index in [4.69, 9.17) is 10.8 Å². The Labute approximate surface area is 102 Å². The maximum atomic E-state index is 11.3. The molecule has 1 saturated heterocycles. The van der Waals surface area contributed by atoms with E-state index in [9.17, 15) is 9.59 Å². The van der Waals surface area contributed by atoms with Crippen LogP contribution in [0.15, 0.2) is 0 Å². The van der Waals surface area contributed by atoms with E-state index >= 15 is 0 Å². The summed E-state index contributed by atoms with van der Waals surface area (Å²) in [5.41, 5.74) is 4.84. The molecular formula is C11H23N3O3. The van der Waals surface area contributed by atoms with Gasteiger partial charge in [-0.1, -0.05) is 0 Å². The molecule has 0 aromatic rings. The Hall–Kier alpha value is -1.30. The second-order valence-corrected chi connectivity index (χ2v) is 4.35. The highest BCUT2D eigenvalue weighted by Crippen LogP contribution is 2.09. The molecule has 0 saturated carbocycles. The van der Waals surface area contributed by atoms with Gasteiger partial charge in [-0.15, -0.1) is 0 Å². The van der Waals surface area contributed by atoms with Crippen LogP contribution in [0.5, 0.6) is 0 Å². The number of rotatable bonds is 1. The lowest BCUT2D eigenvalue weighted by molar-refractivity contribution is -0.138. The molecule has 3 N–H and O–H groups in total. The number of nitrogens with two attached hydrogens (primary N) is 1. The molecule has 0 radical (unpaired) electrons. The summed E-state index contributed by atoms with van der Waals surface area (Å²) in [6.07, 6.45) is 3.61. The number of hydrogen-bond donors (Lipinski definition) is 2. The minimum atomic E-state index is -0.963. The van der Waals surface area contributed by atoms with Gasteiger partial charge in [0.25, 0.3) is 0 Å².